The highest BCUT2D eigenvalue weighted by Gasteiger charge is 2.24. The lowest BCUT2D eigenvalue weighted by atomic mass is 10.0. The van der Waals surface area contributed by atoms with Crippen LogP contribution in [0, 0.1) is 10.1 Å². The predicted molar refractivity (Wildman–Crippen MR) is 102 cm³/mol. The summed E-state index contributed by atoms with van der Waals surface area (Å²) in [5.41, 5.74) is 1.51. The Morgan fingerprint density at radius 1 is 1.15 bits per heavy atom. The van der Waals surface area contributed by atoms with Gasteiger partial charge in [0.25, 0.3) is 11.6 Å². The lowest BCUT2D eigenvalue weighted by Crippen LogP contribution is -2.36. The van der Waals surface area contributed by atoms with Crippen LogP contribution in [0.3, 0.4) is 0 Å². The zero-order valence-corrected chi connectivity index (χ0v) is 15.3. The van der Waals surface area contributed by atoms with Gasteiger partial charge in [0.05, 0.1) is 18.1 Å². The Morgan fingerprint density at radius 2 is 1.78 bits per heavy atom. The van der Waals surface area contributed by atoms with E-state index in [4.69, 9.17) is 4.74 Å². The topological polar surface area (TPSA) is 84.7 Å². The molecule has 3 rings (SSSR count). The summed E-state index contributed by atoms with van der Waals surface area (Å²) in [5.74, 6) is 0.566. The average Bonchev–Trinajstić information content (AvgIpc) is 3.23. The third kappa shape index (κ3) is 4.62. The molecule has 7 nitrogen and oxygen atoms in total. The Kier molecular flexibility index (Phi) is 6.03. The van der Waals surface area contributed by atoms with Gasteiger partial charge in [-0.2, -0.15) is 0 Å². The van der Waals surface area contributed by atoms with E-state index < -0.39 is 4.92 Å². The number of methoxy groups -OCH3 is 1. The summed E-state index contributed by atoms with van der Waals surface area (Å²) in [5, 5.41) is 13.7. The lowest BCUT2D eigenvalue weighted by Gasteiger charge is -2.28. The summed E-state index contributed by atoms with van der Waals surface area (Å²) in [6.45, 7) is 2.48. The number of non-ortho nitro benzene ring substituents is 1. The number of hydrogen-bond acceptors (Lipinski definition) is 5. The maximum absolute atomic E-state index is 12.5. The fraction of sp³-hybridized carbons (Fsp3) is 0.350. The third-order valence-corrected chi connectivity index (χ3v) is 4.88. The van der Waals surface area contributed by atoms with E-state index >= 15 is 0 Å². The van der Waals surface area contributed by atoms with Crippen molar-refractivity contribution < 1.29 is 14.5 Å². The molecule has 1 aliphatic heterocycles. The number of ether oxygens (including phenoxy) is 1. The number of nitro groups is 1. The number of likely N-dealkylation sites (tertiary alicyclic amines) is 1. The van der Waals surface area contributed by atoms with E-state index in [1.807, 2.05) is 24.3 Å². The van der Waals surface area contributed by atoms with Crippen LogP contribution in [0.2, 0.25) is 0 Å². The van der Waals surface area contributed by atoms with Gasteiger partial charge < -0.3 is 10.1 Å². The molecule has 2 aromatic rings. The Labute approximate surface area is 158 Å². The van der Waals surface area contributed by atoms with Crippen LogP contribution in [-0.2, 0) is 0 Å². The van der Waals surface area contributed by atoms with Gasteiger partial charge >= 0.3 is 0 Å². The molecule has 27 heavy (non-hydrogen) atoms. The van der Waals surface area contributed by atoms with Crippen LogP contribution in [0.1, 0.15) is 34.8 Å². The number of carbonyl (C=O) groups is 1. The monoisotopic (exact) mass is 369 g/mol. The third-order valence-electron chi connectivity index (χ3n) is 4.88. The van der Waals surface area contributed by atoms with E-state index in [2.05, 4.69) is 10.2 Å². The highest BCUT2D eigenvalue weighted by atomic mass is 16.6. The van der Waals surface area contributed by atoms with Gasteiger partial charge in [0.1, 0.15) is 5.75 Å². The van der Waals surface area contributed by atoms with Crippen molar-refractivity contribution in [2.45, 2.75) is 18.9 Å². The first-order valence-corrected chi connectivity index (χ1v) is 8.99. The van der Waals surface area contributed by atoms with E-state index in [1.54, 1.807) is 7.11 Å². The maximum atomic E-state index is 12.5. The van der Waals surface area contributed by atoms with Crippen molar-refractivity contribution in [3.63, 3.8) is 0 Å². The fourth-order valence-corrected chi connectivity index (χ4v) is 3.36. The van der Waals surface area contributed by atoms with Crippen LogP contribution >= 0.6 is 0 Å². The molecule has 0 radical (unpaired) electrons. The number of hydrogen-bond donors (Lipinski definition) is 1. The average molecular weight is 369 g/mol. The Hall–Kier alpha value is -2.93. The molecule has 2 aromatic carbocycles. The van der Waals surface area contributed by atoms with Gasteiger partial charge in [0.15, 0.2) is 0 Å². The SMILES string of the molecule is COc1ccc(C(CNC(=O)c2ccc([N+](=O)[O-])cc2)N2CCCC2)cc1. The number of nitrogens with one attached hydrogen (secondary N) is 1. The first kappa shape index (κ1) is 18.8. The summed E-state index contributed by atoms with van der Waals surface area (Å²) in [6, 6.07) is 13.6. The van der Waals surface area contributed by atoms with Gasteiger partial charge in [-0.1, -0.05) is 12.1 Å². The van der Waals surface area contributed by atoms with Crippen molar-refractivity contribution in [1.82, 2.24) is 10.2 Å². The number of rotatable bonds is 7. The van der Waals surface area contributed by atoms with Crippen LogP contribution in [0.4, 0.5) is 5.69 Å². The second kappa shape index (κ2) is 8.64. The molecule has 1 N–H and O–H groups in total. The number of amides is 1. The number of nitrogens with zero attached hydrogens (tertiary/aromatic N) is 2. The van der Waals surface area contributed by atoms with Crippen LogP contribution in [-0.4, -0.2) is 42.5 Å². The normalized spacial score (nSPS) is 15.3. The highest BCUT2D eigenvalue weighted by Crippen LogP contribution is 2.26. The second-order valence-electron chi connectivity index (χ2n) is 6.55. The molecule has 1 aliphatic rings. The molecule has 1 saturated heterocycles. The summed E-state index contributed by atoms with van der Waals surface area (Å²) in [7, 11) is 1.64. The molecule has 1 unspecified atom stereocenters. The van der Waals surface area contributed by atoms with Crippen molar-refractivity contribution in [3.8, 4) is 5.75 Å². The van der Waals surface area contributed by atoms with E-state index in [9.17, 15) is 14.9 Å². The number of nitro benzene ring substituents is 1. The standard InChI is InChI=1S/C20H23N3O4/c1-27-18-10-6-15(7-11-18)19(22-12-2-3-13-22)14-21-20(24)16-4-8-17(9-5-16)23(25)26/h4-11,19H,2-3,12-14H2,1H3,(H,21,24). The molecule has 0 spiro atoms. The van der Waals surface area contributed by atoms with E-state index in [0.717, 1.165) is 37.2 Å². The molecule has 7 heteroatoms. The molecule has 0 aromatic heterocycles. The van der Waals surface area contributed by atoms with Crippen molar-refractivity contribution in [1.29, 1.82) is 0 Å². The summed E-state index contributed by atoms with van der Waals surface area (Å²) in [6.07, 6.45) is 2.31. The van der Waals surface area contributed by atoms with E-state index in [0.29, 0.717) is 12.1 Å². The molecule has 0 bridgehead atoms. The van der Waals surface area contributed by atoms with Gasteiger partial charge in [-0.15, -0.1) is 0 Å². The smallest absolute Gasteiger partial charge is 0.269 e. The van der Waals surface area contributed by atoms with Crippen molar-refractivity contribution in [3.05, 3.63) is 69.8 Å². The van der Waals surface area contributed by atoms with Gasteiger partial charge in [-0.25, -0.2) is 0 Å². The first-order chi connectivity index (χ1) is 13.1. The lowest BCUT2D eigenvalue weighted by molar-refractivity contribution is -0.384. The number of carbonyl (C=O) groups excluding carboxylic acids is 1. The molecule has 1 amide bonds. The van der Waals surface area contributed by atoms with E-state index in [-0.39, 0.29) is 17.6 Å². The first-order valence-electron chi connectivity index (χ1n) is 8.99. The van der Waals surface area contributed by atoms with E-state index in [1.165, 1.54) is 24.3 Å². The molecule has 1 fully saturated rings. The zero-order valence-electron chi connectivity index (χ0n) is 15.3. The summed E-state index contributed by atoms with van der Waals surface area (Å²) in [4.78, 5) is 25.1. The molecule has 142 valence electrons. The Bertz CT molecular complexity index is 784. The molecule has 0 saturated carbocycles. The number of benzene rings is 2. The van der Waals surface area contributed by atoms with Crippen molar-refractivity contribution in [2.75, 3.05) is 26.7 Å². The van der Waals surface area contributed by atoms with Gasteiger partial charge in [-0.3, -0.25) is 19.8 Å². The Balaban J connectivity index is 1.69. The largest absolute Gasteiger partial charge is 0.497 e. The predicted octanol–water partition coefficient (Wildman–Crippen LogP) is 3.17. The molecule has 0 aliphatic carbocycles. The molecule has 1 atom stereocenters. The fourth-order valence-electron chi connectivity index (χ4n) is 3.36. The van der Waals surface area contributed by atoms with Crippen LogP contribution < -0.4 is 10.1 Å². The maximum Gasteiger partial charge on any atom is 0.269 e. The summed E-state index contributed by atoms with van der Waals surface area (Å²) >= 11 is 0. The second-order valence-corrected chi connectivity index (χ2v) is 6.55. The van der Waals surface area contributed by atoms with Crippen molar-refractivity contribution >= 4 is 11.6 Å². The van der Waals surface area contributed by atoms with Crippen molar-refractivity contribution in [2.24, 2.45) is 0 Å². The molecular formula is C20H23N3O4. The molecule has 1 heterocycles. The van der Waals surface area contributed by atoms with Crippen LogP contribution in [0.5, 0.6) is 5.75 Å². The van der Waals surface area contributed by atoms with Gasteiger partial charge in [-0.05, 0) is 55.8 Å². The highest BCUT2D eigenvalue weighted by molar-refractivity contribution is 5.94. The zero-order chi connectivity index (χ0) is 19.2. The van der Waals surface area contributed by atoms with Crippen LogP contribution in [0.25, 0.3) is 0 Å². The molecular weight excluding hydrogens is 346 g/mol. The summed E-state index contributed by atoms with van der Waals surface area (Å²) < 4.78 is 5.23. The Morgan fingerprint density at radius 3 is 2.33 bits per heavy atom. The minimum absolute atomic E-state index is 0.0280. The van der Waals surface area contributed by atoms with Gasteiger partial charge in [0, 0.05) is 24.2 Å². The quantitative estimate of drug-likeness (QED) is 0.598. The van der Waals surface area contributed by atoms with Gasteiger partial charge in [0.2, 0.25) is 0 Å². The van der Waals surface area contributed by atoms with Crippen LogP contribution in [0.15, 0.2) is 48.5 Å². The minimum Gasteiger partial charge on any atom is -0.497 e. The minimum atomic E-state index is -0.477.